The molecule has 0 bridgehead atoms. The molecule has 0 saturated heterocycles. The second kappa shape index (κ2) is 13.5. The molecule has 3 amide bonds. The number of nitrogens with two attached hydrogens (primary N) is 1. The van der Waals surface area contributed by atoms with Gasteiger partial charge in [-0.05, 0) is 18.3 Å². The molecular formula is C19H34N4O7. The Morgan fingerprint density at radius 3 is 1.70 bits per heavy atom. The average Bonchev–Trinajstić information content (AvgIpc) is 2.70. The zero-order chi connectivity index (χ0) is 23.4. The molecule has 0 rings (SSSR count). The second-order valence-corrected chi connectivity index (χ2v) is 7.34. The van der Waals surface area contributed by atoms with E-state index in [1.54, 1.807) is 20.8 Å². The number of hydrogen-bond donors (Lipinski definition) is 6. The zero-order valence-corrected chi connectivity index (χ0v) is 17.9. The van der Waals surface area contributed by atoms with Gasteiger partial charge in [-0.1, -0.05) is 40.5 Å². The Hall–Kier alpha value is -2.69. The number of carbonyl (C=O) groups excluding carboxylic acids is 3. The second-order valence-electron chi connectivity index (χ2n) is 7.34. The van der Waals surface area contributed by atoms with E-state index in [0.717, 1.165) is 0 Å². The summed E-state index contributed by atoms with van der Waals surface area (Å²) in [5.41, 5.74) is 5.31. The van der Waals surface area contributed by atoms with Crippen LogP contribution in [0.3, 0.4) is 0 Å². The summed E-state index contributed by atoms with van der Waals surface area (Å²) in [6.07, 6.45) is 0.367. The number of aliphatic carboxylic acids is 2. The molecule has 5 atom stereocenters. The van der Waals surface area contributed by atoms with Crippen LogP contribution < -0.4 is 21.7 Å². The van der Waals surface area contributed by atoms with E-state index < -0.39 is 54.2 Å². The quantitative estimate of drug-likeness (QED) is 0.211. The van der Waals surface area contributed by atoms with Crippen molar-refractivity contribution >= 4 is 29.7 Å². The van der Waals surface area contributed by atoms with E-state index in [-0.39, 0.29) is 24.8 Å². The minimum atomic E-state index is -1.40. The van der Waals surface area contributed by atoms with Gasteiger partial charge in [0.15, 0.2) is 0 Å². The van der Waals surface area contributed by atoms with Crippen LogP contribution in [0, 0.1) is 11.8 Å². The van der Waals surface area contributed by atoms with E-state index in [9.17, 15) is 29.1 Å². The predicted molar refractivity (Wildman–Crippen MR) is 108 cm³/mol. The summed E-state index contributed by atoms with van der Waals surface area (Å²) in [6.45, 7) is 6.84. The van der Waals surface area contributed by atoms with Crippen molar-refractivity contribution in [3.8, 4) is 0 Å². The first-order valence-corrected chi connectivity index (χ1v) is 10.0. The smallest absolute Gasteiger partial charge is 0.326 e. The highest BCUT2D eigenvalue weighted by Crippen LogP contribution is 2.13. The van der Waals surface area contributed by atoms with Crippen molar-refractivity contribution in [3.63, 3.8) is 0 Å². The van der Waals surface area contributed by atoms with Gasteiger partial charge in [0.25, 0.3) is 0 Å². The lowest BCUT2D eigenvalue weighted by molar-refractivity contribution is -0.143. The Kier molecular flexibility index (Phi) is 12.3. The Morgan fingerprint density at radius 2 is 1.30 bits per heavy atom. The van der Waals surface area contributed by atoms with Crippen LogP contribution in [0.25, 0.3) is 0 Å². The topological polar surface area (TPSA) is 188 Å². The van der Waals surface area contributed by atoms with E-state index in [4.69, 9.17) is 10.8 Å². The predicted octanol–water partition coefficient (Wildman–Crippen LogP) is -0.559. The van der Waals surface area contributed by atoms with Crippen LogP contribution in [0.4, 0.5) is 0 Å². The van der Waals surface area contributed by atoms with Crippen molar-refractivity contribution in [1.82, 2.24) is 16.0 Å². The lowest BCUT2D eigenvalue weighted by Gasteiger charge is -2.29. The Labute approximate surface area is 176 Å². The Balaban J connectivity index is 5.47. The largest absolute Gasteiger partial charge is 0.481 e. The van der Waals surface area contributed by atoms with Gasteiger partial charge in [0, 0.05) is 6.42 Å². The summed E-state index contributed by atoms with van der Waals surface area (Å²) < 4.78 is 0. The molecule has 0 spiro atoms. The number of rotatable bonds is 14. The molecule has 0 fully saturated rings. The fraction of sp³-hybridized carbons (Fsp3) is 0.737. The lowest BCUT2D eigenvalue weighted by Crippen LogP contribution is -2.59. The third kappa shape index (κ3) is 9.21. The normalized spacial score (nSPS) is 15.8. The molecule has 0 radical (unpaired) electrons. The van der Waals surface area contributed by atoms with Crippen LogP contribution in [-0.4, -0.2) is 64.5 Å². The maximum absolute atomic E-state index is 12.8. The Bertz CT molecular complexity index is 626. The molecule has 11 heteroatoms. The maximum atomic E-state index is 12.8. The van der Waals surface area contributed by atoms with Gasteiger partial charge in [-0.3, -0.25) is 19.2 Å². The molecule has 172 valence electrons. The van der Waals surface area contributed by atoms with Crippen molar-refractivity contribution in [2.24, 2.45) is 17.6 Å². The van der Waals surface area contributed by atoms with E-state index in [1.165, 1.54) is 0 Å². The molecule has 0 saturated carbocycles. The monoisotopic (exact) mass is 430 g/mol. The third-order valence-corrected chi connectivity index (χ3v) is 5.05. The standard InChI is InChI=1S/C19H34N4O7/c1-5-10(3)15(22-13(24)9-20)18(28)23-16(11(4)6-2)17(27)21-12(19(29)30)7-8-14(25)26/h10-12,15-16H,5-9,20H2,1-4H3,(H,21,27)(H,22,24)(H,23,28)(H,25,26)(H,29,30). The minimum absolute atomic E-state index is 0.233. The SMILES string of the molecule is CCC(C)C(NC(=O)CN)C(=O)NC(C(=O)NC(CCC(=O)O)C(=O)O)C(C)CC. The summed E-state index contributed by atoms with van der Waals surface area (Å²) in [4.78, 5) is 59.3. The van der Waals surface area contributed by atoms with Gasteiger partial charge in [0.2, 0.25) is 17.7 Å². The molecule has 11 nitrogen and oxygen atoms in total. The maximum Gasteiger partial charge on any atom is 0.326 e. The van der Waals surface area contributed by atoms with E-state index >= 15 is 0 Å². The fourth-order valence-electron chi connectivity index (χ4n) is 2.67. The summed E-state index contributed by atoms with van der Waals surface area (Å²) in [6, 6.07) is -3.37. The molecule has 7 N–H and O–H groups in total. The van der Waals surface area contributed by atoms with Gasteiger partial charge < -0.3 is 31.9 Å². The highest BCUT2D eigenvalue weighted by Gasteiger charge is 2.33. The minimum Gasteiger partial charge on any atom is -0.481 e. The van der Waals surface area contributed by atoms with E-state index in [2.05, 4.69) is 16.0 Å². The number of amides is 3. The first-order valence-electron chi connectivity index (χ1n) is 10.0. The number of carboxylic acid groups (broad SMARTS) is 2. The van der Waals surface area contributed by atoms with Gasteiger partial charge in [-0.15, -0.1) is 0 Å². The van der Waals surface area contributed by atoms with Gasteiger partial charge in [-0.2, -0.15) is 0 Å². The van der Waals surface area contributed by atoms with Crippen molar-refractivity contribution in [3.05, 3.63) is 0 Å². The Morgan fingerprint density at radius 1 is 0.833 bits per heavy atom. The van der Waals surface area contributed by atoms with Crippen LogP contribution in [0.15, 0.2) is 0 Å². The molecule has 0 aromatic rings. The first kappa shape index (κ1) is 27.3. The molecule has 0 aliphatic carbocycles. The van der Waals surface area contributed by atoms with Gasteiger partial charge in [-0.25, -0.2) is 4.79 Å². The van der Waals surface area contributed by atoms with Gasteiger partial charge in [0.1, 0.15) is 18.1 Å². The number of nitrogens with one attached hydrogen (secondary N) is 3. The lowest BCUT2D eigenvalue weighted by atomic mass is 9.94. The molecule has 0 aliphatic heterocycles. The van der Waals surface area contributed by atoms with Crippen LogP contribution >= 0.6 is 0 Å². The molecule has 5 unspecified atom stereocenters. The summed E-state index contributed by atoms with van der Waals surface area (Å²) >= 11 is 0. The third-order valence-electron chi connectivity index (χ3n) is 5.05. The van der Waals surface area contributed by atoms with Crippen LogP contribution in [-0.2, 0) is 24.0 Å². The number of hydrogen-bond acceptors (Lipinski definition) is 6. The fourth-order valence-corrected chi connectivity index (χ4v) is 2.67. The van der Waals surface area contributed by atoms with Crippen molar-refractivity contribution in [2.75, 3.05) is 6.54 Å². The van der Waals surface area contributed by atoms with Crippen LogP contribution in [0.1, 0.15) is 53.4 Å². The molecule has 0 aromatic heterocycles. The zero-order valence-electron chi connectivity index (χ0n) is 17.9. The van der Waals surface area contributed by atoms with Crippen LogP contribution in [0.2, 0.25) is 0 Å². The molecule has 0 heterocycles. The molecule has 30 heavy (non-hydrogen) atoms. The van der Waals surface area contributed by atoms with Gasteiger partial charge in [0.05, 0.1) is 6.54 Å². The first-order chi connectivity index (χ1) is 14.0. The summed E-state index contributed by atoms with van der Waals surface area (Å²) in [5, 5.41) is 25.5. The van der Waals surface area contributed by atoms with Crippen molar-refractivity contribution in [2.45, 2.75) is 71.5 Å². The molecule has 0 aliphatic rings. The molecular weight excluding hydrogens is 396 g/mol. The highest BCUT2D eigenvalue weighted by atomic mass is 16.4. The molecule has 0 aromatic carbocycles. The van der Waals surface area contributed by atoms with Gasteiger partial charge >= 0.3 is 11.9 Å². The number of carboxylic acids is 2. The van der Waals surface area contributed by atoms with Crippen LogP contribution in [0.5, 0.6) is 0 Å². The highest BCUT2D eigenvalue weighted by molar-refractivity contribution is 5.94. The van der Waals surface area contributed by atoms with E-state index in [0.29, 0.717) is 12.8 Å². The average molecular weight is 431 g/mol. The van der Waals surface area contributed by atoms with E-state index in [1.807, 2.05) is 6.92 Å². The number of carbonyl (C=O) groups is 5. The summed E-state index contributed by atoms with van der Waals surface area (Å²) in [5.74, 6) is -4.96. The van der Waals surface area contributed by atoms with Crippen molar-refractivity contribution in [1.29, 1.82) is 0 Å². The van der Waals surface area contributed by atoms with Crippen molar-refractivity contribution < 1.29 is 34.2 Å². The summed E-state index contributed by atoms with van der Waals surface area (Å²) in [7, 11) is 0.